The Morgan fingerprint density at radius 2 is 0.750 bits per heavy atom. The zero-order chi connectivity index (χ0) is 36.2. The predicted molar refractivity (Wildman–Crippen MR) is 244 cm³/mol. The molecule has 2 aliphatic carbocycles. The summed E-state index contributed by atoms with van der Waals surface area (Å²) < 4.78 is 2.64. The zero-order valence-corrected chi connectivity index (χ0v) is 31.6. The Balaban J connectivity index is 1.21. The first-order valence-electron chi connectivity index (χ1n) is 19.3. The van der Waals surface area contributed by atoms with Crippen LogP contribution in [0.4, 0.5) is 0 Å². The summed E-state index contributed by atoms with van der Waals surface area (Å²) in [7, 11) is 0. The third-order valence-corrected chi connectivity index (χ3v) is 14.6. The molecular formula is C54H28S2. The van der Waals surface area contributed by atoms with E-state index >= 15 is 0 Å². The number of benzene rings is 10. The first kappa shape index (κ1) is 29.7. The van der Waals surface area contributed by atoms with Crippen LogP contribution in [0.5, 0.6) is 0 Å². The summed E-state index contributed by atoms with van der Waals surface area (Å²) in [6.45, 7) is 0. The summed E-state index contributed by atoms with van der Waals surface area (Å²) >= 11 is 3.66. The molecule has 0 radical (unpaired) electrons. The van der Waals surface area contributed by atoms with E-state index in [0.717, 1.165) is 0 Å². The molecule has 0 unspecified atom stereocenters. The number of fused-ring (bicyclic) bond motifs is 13. The summed E-state index contributed by atoms with van der Waals surface area (Å²) in [5.74, 6) is 0. The minimum absolute atomic E-state index is 1.28. The Labute approximate surface area is 330 Å². The molecule has 0 amide bonds. The Kier molecular flexibility index (Phi) is 5.62. The SMILES string of the molecule is c1cc2c3c(cccc3c1)-c1cc3c(ccc4c3ccc3c(-c5cccc6sccc56)c5c(c(-c6cccc7sccc67)c34)-c3cccc4cccc-5c34)cc1-2. The first-order valence-corrected chi connectivity index (χ1v) is 21.1. The van der Waals surface area contributed by atoms with Crippen LogP contribution < -0.4 is 0 Å². The summed E-state index contributed by atoms with van der Waals surface area (Å²) in [5.41, 5.74) is 16.0. The molecule has 56 heavy (non-hydrogen) atoms. The number of hydrogen-bond acceptors (Lipinski definition) is 2. The van der Waals surface area contributed by atoms with Gasteiger partial charge in [0.2, 0.25) is 0 Å². The van der Waals surface area contributed by atoms with Gasteiger partial charge in [0.1, 0.15) is 0 Å². The Morgan fingerprint density at radius 1 is 0.250 bits per heavy atom. The smallest absolute Gasteiger partial charge is 0.0348 e. The van der Waals surface area contributed by atoms with E-state index in [1.165, 1.54) is 141 Å². The normalized spacial score (nSPS) is 12.6. The lowest BCUT2D eigenvalue weighted by Crippen LogP contribution is -1.95. The fourth-order valence-electron chi connectivity index (χ4n) is 10.7. The Bertz CT molecular complexity index is 3750. The zero-order valence-electron chi connectivity index (χ0n) is 30.0. The lowest BCUT2D eigenvalue weighted by atomic mass is 9.79. The fourth-order valence-corrected chi connectivity index (χ4v) is 12.3. The largest absolute Gasteiger partial charge is 0.144 e. The van der Waals surface area contributed by atoms with Crippen LogP contribution in [0.25, 0.3) is 141 Å². The molecule has 0 nitrogen and oxygen atoms in total. The van der Waals surface area contributed by atoms with E-state index in [2.05, 4.69) is 168 Å². The van der Waals surface area contributed by atoms with Gasteiger partial charge in [0.25, 0.3) is 0 Å². The van der Waals surface area contributed by atoms with Crippen LogP contribution in [0.15, 0.2) is 168 Å². The van der Waals surface area contributed by atoms with Crippen molar-refractivity contribution in [2.45, 2.75) is 0 Å². The summed E-state index contributed by atoms with van der Waals surface area (Å²) in [6, 6.07) is 60.4. The molecule has 0 saturated carbocycles. The minimum Gasteiger partial charge on any atom is -0.144 e. The van der Waals surface area contributed by atoms with Gasteiger partial charge in [-0.15, -0.1) is 22.7 Å². The second-order valence-electron chi connectivity index (χ2n) is 15.5. The highest BCUT2D eigenvalue weighted by molar-refractivity contribution is 7.17. The molecule has 0 aliphatic heterocycles. The average molecular weight is 741 g/mol. The summed E-state index contributed by atoms with van der Waals surface area (Å²) in [4.78, 5) is 0. The van der Waals surface area contributed by atoms with E-state index < -0.39 is 0 Å². The molecule has 0 atom stereocenters. The van der Waals surface area contributed by atoms with Gasteiger partial charge >= 0.3 is 0 Å². The lowest BCUT2D eigenvalue weighted by Gasteiger charge is -2.23. The maximum Gasteiger partial charge on any atom is 0.0348 e. The van der Waals surface area contributed by atoms with Crippen molar-refractivity contribution >= 4 is 96.7 Å². The molecule has 2 heterocycles. The average Bonchev–Trinajstić information content (AvgIpc) is 4.06. The summed E-state index contributed by atoms with van der Waals surface area (Å²) in [6.07, 6.45) is 0. The lowest BCUT2D eigenvalue weighted by molar-refractivity contribution is 1.69. The molecule has 0 N–H and O–H groups in total. The van der Waals surface area contributed by atoms with Gasteiger partial charge in [0.15, 0.2) is 0 Å². The van der Waals surface area contributed by atoms with E-state index in [0.29, 0.717) is 0 Å². The van der Waals surface area contributed by atoms with Crippen molar-refractivity contribution in [3.8, 4) is 66.8 Å². The van der Waals surface area contributed by atoms with Gasteiger partial charge < -0.3 is 0 Å². The van der Waals surface area contributed by atoms with Crippen molar-refractivity contribution in [1.82, 2.24) is 0 Å². The fraction of sp³-hybridized carbons (Fsp3) is 0. The van der Waals surface area contributed by atoms with E-state index in [-0.39, 0.29) is 0 Å². The first-order chi connectivity index (χ1) is 27.8. The summed E-state index contributed by atoms with van der Waals surface area (Å²) in [5, 5.41) is 20.3. The monoisotopic (exact) mass is 740 g/mol. The highest BCUT2D eigenvalue weighted by Crippen LogP contribution is 2.60. The van der Waals surface area contributed by atoms with Gasteiger partial charge in [-0.05, 0) is 168 Å². The highest BCUT2D eigenvalue weighted by atomic mass is 32.1. The Morgan fingerprint density at radius 3 is 1.41 bits per heavy atom. The van der Waals surface area contributed by atoms with Gasteiger partial charge in [0, 0.05) is 20.2 Å². The molecule has 2 heteroatoms. The van der Waals surface area contributed by atoms with Crippen molar-refractivity contribution in [2.75, 3.05) is 0 Å². The van der Waals surface area contributed by atoms with Crippen LogP contribution in [0, 0.1) is 0 Å². The van der Waals surface area contributed by atoms with Gasteiger partial charge in [-0.3, -0.25) is 0 Å². The van der Waals surface area contributed by atoms with Crippen molar-refractivity contribution in [1.29, 1.82) is 0 Å². The van der Waals surface area contributed by atoms with Crippen LogP contribution >= 0.6 is 22.7 Å². The number of rotatable bonds is 2. The molecule has 0 fully saturated rings. The number of thiophene rings is 2. The maximum atomic E-state index is 2.49. The van der Waals surface area contributed by atoms with Gasteiger partial charge in [0.05, 0.1) is 0 Å². The van der Waals surface area contributed by atoms with E-state index in [1.807, 2.05) is 22.7 Å². The molecule has 0 spiro atoms. The topological polar surface area (TPSA) is 0 Å². The van der Waals surface area contributed by atoms with Gasteiger partial charge in [-0.2, -0.15) is 0 Å². The van der Waals surface area contributed by atoms with Crippen molar-refractivity contribution in [3.63, 3.8) is 0 Å². The third kappa shape index (κ3) is 3.65. The van der Waals surface area contributed by atoms with Gasteiger partial charge in [-0.1, -0.05) is 121 Å². The van der Waals surface area contributed by atoms with Crippen LogP contribution in [0.1, 0.15) is 0 Å². The molecule has 2 aromatic heterocycles. The maximum absolute atomic E-state index is 2.49. The van der Waals surface area contributed by atoms with Crippen molar-refractivity contribution in [2.24, 2.45) is 0 Å². The molecule has 14 rings (SSSR count). The Hall–Kier alpha value is -6.58. The second kappa shape index (κ2) is 10.6. The molecule has 256 valence electrons. The quantitative estimate of drug-likeness (QED) is 0.155. The molecular weight excluding hydrogens is 713 g/mol. The predicted octanol–water partition coefficient (Wildman–Crippen LogP) is 16.5. The highest BCUT2D eigenvalue weighted by Gasteiger charge is 2.32. The van der Waals surface area contributed by atoms with Crippen molar-refractivity contribution in [3.05, 3.63) is 168 Å². The van der Waals surface area contributed by atoms with Gasteiger partial charge in [-0.25, -0.2) is 0 Å². The molecule has 2 aliphatic rings. The number of hydrogen-bond donors (Lipinski definition) is 0. The van der Waals surface area contributed by atoms with Crippen molar-refractivity contribution < 1.29 is 0 Å². The third-order valence-electron chi connectivity index (χ3n) is 12.9. The van der Waals surface area contributed by atoms with Crippen LogP contribution in [-0.4, -0.2) is 0 Å². The molecule has 0 saturated heterocycles. The van der Waals surface area contributed by atoms with Crippen LogP contribution in [-0.2, 0) is 0 Å². The standard InChI is InChI=1S/C54H28S2/c1-7-29-8-2-12-38-45-28-43-31(27-44(45)37(11-1)48(29)38)19-20-39-32(43)21-22-42-50(35-13-5-17-46-33(35)23-25-55-46)53-40-15-3-9-30-10-4-16-41(49(30)40)54(53)52(51(39)42)36-14-6-18-47-34(36)24-26-56-47/h1-28H. The molecule has 10 aromatic carbocycles. The second-order valence-corrected chi connectivity index (χ2v) is 17.4. The molecule has 0 bridgehead atoms. The van der Waals surface area contributed by atoms with E-state index in [9.17, 15) is 0 Å². The van der Waals surface area contributed by atoms with E-state index in [1.54, 1.807) is 0 Å². The van der Waals surface area contributed by atoms with Crippen LogP contribution in [0.2, 0.25) is 0 Å². The van der Waals surface area contributed by atoms with Crippen LogP contribution in [0.3, 0.4) is 0 Å². The molecule has 12 aromatic rings. The minimum atomic E-state index is 1.28. The van der Waals surface area contributed by atoms with E-state index in [4.69, 9.17) is 0 Å².